The van der Waals surface area contributed by atoms with E-state index in [1.54, 1.807) is 24.3 Å². The Morgan fingerprint density at radius 1 is 1.04 bits per heavy atom. The summed E-state index contributed by atoms with van der Waals surface area (Å²) in [6.45, 7) is -0.200. The standard InChI is InChI=1S/C20H20ClNO4/c21-13-8-10-14(11-9-13)24-12-19(23)26-22-16-5-3-7-18-20(16)15-4-1-2-6-17(15)25-18/h8-11H,1-7,12H2/b22-16+. The van der Waals surface area contributed by atoms with Gasteiger partial charge in [0, 0.05) is 29.0 Å². The van der Waals surface area contributed by atoms with E-state index in [1.807, 2.05) is 0 Å². The van der Waals surface area contributed by atoms with E-state index in [-0.39, 0.29) is 6.61 Å². The van der Waals surface area contributed by atoms with E-state index in [9.17, 15) is 4.79 Å². The molecule has 0 amide bonds. The minimum Gasteiger partial charge on any atom is -0.482 e. The monoisotopic (exact) mass is 373 g/mol. The Hall–Kier alpha value is -2.27. The third kappa shape index (κ3) is 3.63. The summed E-state index contributed by atoms with van der Waals surface area (Å²) < 4.78 is 11.4. The van der Waals surface area contributed by atoms with Gasteiger partial charge in [-0.05, 0) is 56.4 Å². The second kappa shape index (κ2) is 7.54. The van der Waals surface area contributed by atoms with Gasteiger partial charge in [-0.25, -0.2) is 4.79 Å². The second-order valence-corrected chi connectivity index (χ2v) is 7.04. The fourth-order valence-corrected chi connectivity index (χ4v) is 3.70. The third-order valence-corrected chi connectivity index (χ3v) is 5.03. The van der Waals surface area contributed by atoms with Gasteiger partial charge in [-0.2, -0.15) is 0 Å². The minimum atomic E-state index is -0.531. The average molecular weight is 374 g/mol. The molecule has 136 valence electrons. The Bertz CT molecular complexity index is 838. The maximum absolute atomic E-state index is 12.0. The topological polar surface area (TPSA) is 61.0 Å². The fourth-order valence-electron chi connectivity index (χ4n) is 3.57. The highest BCUT2D eigenvalue weighted by Gasteiger charge is 2.28. The van der Waals surface area contributed by atoms with Crippen molar-refractivity contribution in [2.45, 2.75) is 44.9 Å². The average Bonchev–Trinajstić information content (AvgIpc) is 3.05. The summed E-state index contributed by atoms with van der Waals surface area (Å²) in [5.74, 6) is 2.11. The van der Waals surface area contributed by atoms with Crippen molar-refractivity contribution < 1.29 is 18.8 Å². The van der Waals surface area contributed by atoms with Crippen molar-refractivity contribution in [1.29, 1.82) is 0 Å². The molecule has 26 heavy (non-hydrogen) atoms. The number of oxime groups is 1. The maximum atomic E-state index is 12.0. The first-order valence-electron chi connectivity index (χ1n) is 8.99. The molecule has 2 aliphatic carbocycles. The number of nitrogens with zero attached hydrogens (tertiary/aromatic N) is 1. The van der Waals surface area contributed by atoms with Gasteiger partial charge in [-0.1, -0.05) is 16.8 Å². The molecule has 6 heteroatoms. The predicted octanol–water partition coefficient (Wildman–Crippen LogP) is 4.47. The van der Waals surface area contributed by atoms with Crippen LogP contribution in [-0.2, 0) is 28.9 Å². The summed E-state index contributed by atoms with van der Waals surface area (Å²) in [5.41, 5.74) is 3.16. The van der Waals surface area contributed by atoms with Gasteiger partial charge in [0.15, 0.2) is 6.61 Å². The molecule has 0 radical (unpaired) electrons. The third-order valence-electron chi connectivity index (χ3n) is 4.78. The molecular formula is C20H20ClNO4. The van der Waals surface area contributed by atoms with Gasteiger partial charge in [-0.15, -0.1) is 0 Å². The van der Waals surface area contributed by atoms with Crippen LogP contribution in [-0.4, -0.2) is 18.3 Å². The Kier molecular flexibility index (Phi) is 4.98. The van der Waals surface area contributed by atoms with E-state index in [1.165, 1.54) is 18.4 Å². The molecule has 1 heterocycles. The number of furan rings is 1. The number of carbonyl (C=O) groups excluding carboxylic acids is 1. The molecule has 0 aliphatic heterocycles. The molecule has 1 aromatic heterocycles. The van der Waals surface area contributed by atoms with Crippen LogP contribution in [0.1, 0.15) is 48.3 Å². The Morgan fingerprint density at radius 2 is 1.81 bits per heavy atom. The number of carbonyl (C=O) groups is 1. The lowest BCUT2D eigenvalue weighted by molar-refractivity contribution is -0.146. The number of halogens is 1. The number of rotatable bonds is 4. The van der Waals surface area contributed by atoms with Crippen molar-refractivity contribution in [2.24, 2.45) is 5.16 Å². The van der Waals surface area contributed by atoms with Crippen LogP contribution in [0.2, 0.25) is 5.02 Å². The normalized spacial score (nSPS) is 17.5. The SMILES string of the molecule is O=C(COc1ccc(Cl)cc1)O/N=C1\CCCc2oc3c(c21)CCCC3. The fraction of sp³-hybridized carbons (Fsp3) is 0.400. The van der Waals surface area contributed by atoms with Gasteiger partial charge in [-0.3, -0.25) is 0 Å². The predicted molar refractivity (Wildman–Crippen MR) is 97.9 cm³/mol. The van der Waals surface area contributed by atoms with Crippen LogP contribution in [0.25, 0.3) is 0 Å². The first-order chi connectivity index (χ1) is 12.7. The number of aryl methyl sites for hydroxylation is 2. The van der Waals surface area contributed by atoms with E-state index in [4.69, 9.17) is 25.6 Å². The first-order valence-corrected chi connectivity index (χ1v) is 9.37. The molecule has 0 N–H and O–H groups in total. The molecular weight excluding hydrogens is 354 g/mol. The van der Waals surface area contributed by atoms with E-state index in [0.29, 0.717) is 10.8 Å². The minimum absolute atomic E-state index is 0.200. The summed E-state index contributed by atoms with van der Waals surface area (Å²) in [5, 5.41) is 4.75. The molecule has 0 bridgehead atoms. The Balaban J connectivity index is 1.42. The number of hydrogen-bond donors (Lipinski definition) is 0. The molecule has 5 nitrogen and oxygen atoms in total. The lowest BCUT2D eigenvalue weighted by Crippen LogP contribution is -2.17. The largest absolute Gasteiger partial charge is 0.482 e. The summed E-state index contributed by atoms with van der Waals surface area (Å²) in [7, 11) is 0. The number of fused-ring (bicyclic) bond motifs is 3. The van der Waals surface area contributed by atoms with Crippen molar-refractivity contribution in [3.8, 4) is 5.75 Å². The highest BCUT2D eigenvalue weighted by atomic mass is 35.5. The lowest BCUT2D eigenvalue weighted by atomic mass is 9.88. The molecule has 0 unspecified atom stereocenters. The quantitative estimate of drug-likeness (QED) is 0.585. The molecule has 2 aliphatic rings. The van der Waals surface area contributed by atoms with Crippen molar-refractivity contribution in [1.82, 2.24) is 0 Å². The second-order valence-electron chi connectivity index (χ2n) is 6.61. The Morgan fingerprint density at radius 3 is 2.65 bits per heavy atom. The van der Waals surface area contributed by atoms with Gasteiger partial charge in [0.05, 0.1) is 5.71 Å². The summed E-state index contributed by atoms with van der Waals surface area (Å²) in [6.07, 6.45) is 7.02. The molecule has 2 aromatic rings. The van der Waals surface area contributed by atoms with Crippen molar-refractivity contribution in [2.75, 3.05) is 6.61 Å². The van der Waals surface area contributed by atoms with Crippen molar-refractivity contribution >= 4 is 23.3 Å². The number of hydrogen-bond acceptors (Lipinski definition) is 5. The van der Waals surface area contributed by atoms with Gasteiger partial charge in [0.1, 0.15) is 17.3 Å². The van der Waals surface area contributed by atoms with Gasteiger partial charge in [0.2, 0.25) is 0 Å². The molecule has 4 rings (SSSR count). The van der Waals surface area contributed by atoms with Gasteiger partial charge < -0.3 is 14.0 Å². The zero-order chi connectivity index (χ0) is 17.9. The zero-order valence-corrected chi connectivity index (χ0v) is 15.2. The highest BCUT2D eigenvalue weighted by molar-refractivity contribution is 6.30. The summed E-state index contributed by atoms with van der Waals surface area (Å²) in [6, 6.07) is 6.81. The molecule has 0 fully saturated rings. The van der Waals surface area contributed by atoms with Crippen LogP contribution in [0.15, 0.2) is 33.8 Å². The van der Waals surface area contributed by atoms with Gasteiger partial charge >= 0.3 is 5.97 Å². The maximum Gasteiger partial charge on any atom is 0.372 e. The number of benzene rings is 1. The van der Waals surface area contributed by atoms with E-state index in [2.05, 4.69) is 5.16 Å². The van der Waals surface area contributed by atoms with Crippen LogP contribution in [0.4, 0.5) is 0 Å². The molecule has 1 aromatic carbocycles. The van der Waals surface area contributed by atoms with Crippen LogP contribution < -0.4 is 4.74 Å². The Labute approximate surface area is 156 Å². The van der Waals surface area contributed by atoms with Crippen molar-refractivity contribution in [3.63, 3.8) is 0 Å². The summed E-state index contributed by atoms with van der Waals surface area (Å²) >= 11 is 5.82. The van der Waals surface area contributed by atoms with Gasteiger partial charge in [0.25, 0.3) is 0 Å². The first kappa shape index (κ1) is 17.2. The molecule has 0 atom stereocenters. The van der Waals surface area contributed by atoms with E-state index >= 15 is 0 Å². The summed E-state index contributed by atoms with van der Waals surface area (Å²) in [4.78, 5) is 17.1. The molecule has 0 saturated carbocycles. The van der Waals surface area contributed by atoms with E-state index in [0.717, 1.165) is 54.9 Å². The highest BCUT2D eigenvalue weighted by Crippen LogP contribution is 2.34. The van der Waals surface area contributed by atoms with Crippen molar-refractivity contribution in [3.05, 3.63) is 51.9 Å². The molecule has 0 saturated heterocycles. The number of ether oxygens (including phenoxy) is 1. The smallest absolute Gasteiger partial charge is 0.372 e. The van der Waals surface area contributed by atoms with Crippen LogP contribution in [0, 0.1) is 0 Å². The van der Waals surface area contributed by atoms with Crippen LogP contribution in [0.3, 0.4) is 0 Å². The van der Waals surface area contributed by atoms with Crippen LogP contribution in [0.5, 0.6) is 5.75 Å². The van der Waals surface area contributed by atoms with E-state index < -0.39 is 5.97 Å². The zero-order valence-electron chi connectivity index (χ0n) is 14.4. The lowest BCUT2D eigenvalue weighted by Gasteiger charge is -2.15. The molecule has 0 spiro atoms. The van der Waals surface area contributed by atoms with Crippen LogP contribution >= 0.6 is 11.6 Å².